The van der Waals surface area contributed by atoms with Gasteiger partial charge in [-0.15, -0.1) is 0 Å². The summed E-state index contributed by atoms with van der Waals surface area (Å²) < 4.78 is 27.5. The van der Waals surface area contributed by atoms with E-state index >= 15 is 0 Å². The van der Waals surface area contributed by atoms with E-state index in [1.807, 2.05) is 6.92 Å². The molecule has 1 amide bonds. The van der Waals surface area contributed by atoms with Crippen LogP contribution >= 0.6 is 0 Å². The van der Waals surface area contributed by atoms with Gasteiger partial charge < -0.3 is 4.90 Å². The Morgan fingerprint density at radius 1 is 1.15 bits per heavy atom. The molecule has 1 aromatic carbocycles. The molecule has 0 N–H and O–H groups in total. The smallest absolute Gasteiger partial charge is 0.253 e. The van der Waals surface area contributed by atoms with Crippen molar-refractivity contribution >= 4 is 15.9 Å². The molecule has 2 fully saturated rings. The van der Waals surface area contributed by atoms with Crippen LogP contribution < -0.4 is 0 Å². The van der Waals surface area contributed by atoms with E-state index in [0.29, 0.717) is 38.0 Å². The highest BCUT2D eigenvalue weighted by Crippen LogP contribution is 2.26. The first kappa shape index (κ1) is 18.9. The maximum atomic E-state index is 13.0. The maximum absolute atomic E-state index is 13.0. The predicted octanol–water partition coefficient (Wildman–Crippen LogP) is 2.63. The highest BCUT2D eigenvalue weighted by atomic mass is 32.2. The highest BCUT2D eigenvalue weighted by Gasteiger charge is 2.31. The van der Waals surface area contributed by atoms with Crippen LogP contribution in [0.1, 0.15) is 49.4 Å². The van der Waals surface area contributed by atoms with Gasteiger partial charge in [-0.1, -0.05) is 12.5 Å². The van der Waals surface area contributed by atoms with Gasteiger partial charge in [-0.3, -0.25) is 4.79 Å². The van der Waals surface area contributed by atoms with Crippen molar-refractivity contribution in [1.82, 2.24) is 9.21 Å². The number of rotatable bonds is 3. The minimum absolute atomic E-state index is 0.00588. The van der Waals surface area contributed by atoms with Gasteiger partial charge in [-0.05, 0) is 50.8 Å². The molecule has 2 aliphatic heterocycles. The average Bonchev–Trinajstić information content (AvgIpc) is 2.68. The number of likely N-dealkylation sites (tertiary alicyclic amines) is 1. The molecule has 0 spiro atoms. The van der Waals surface area contributed by atoms with Gasteiger partial charge in [0.15, 0.2) is 0 Å². The van der Waals surface area contributed by atoms with Crippen LogP contribution in [0, 0.1) is 17.2 Å². The molecule has 2 saturated heterocycles. The quantitative estimate of drug-likeness (QED) is 0.813. The maximum Gasteiger partial charge on any atom is 0.253 e. The SMILES string of the molecule is CC1CCCCN1S(=O)(=O)c1cccc(C(=O)N2CCC(C#N)CC2)c1. The summed E-state index contributed by atoms with van der Waals surface area (Å²) in [6.45, 7) is 3.54. The van der Waals surface area contributed by atoms with E-state index in [2.05, 4.69) is 6.07 Å². The fourth-order valence-electron chi connectivity index (χ4n) is 3.75. The molecule has 26 heavy (non-hydrogen) atoms. The predicted molar refractivity (Wildman–Crippen MR) is 97.9 cm³/mol. The zero-order chi connectivity index (χ0) is 18.7. The molecule has 0 radical (unpaired) electrons. The van der Waals surface area contributed by atoms with Gasteiger partial charge >= 0.3 is 0 Å². The van der Waals surface area contributed by atoms with E-state index < -0.39 is 10.0 Å². The lowest BCUT2D eigenvalue weighted by molar-refractivity contribution is 0.0707. The lowest BCUT2D eigenvalue weighted by Gasteiger charge is -2.32. The van der Waals surface area contributed by atoms with Crippen LogP contribution in [0.15, 0.2) is 29.2 Å². The number of carbonyl (C=O) groups excluding carboxylic acids is 1. The summed E-state index contributed by atoms with van der Waals surface area (Å²) in [4.78, 5) is 14.6. The van der Waals surface area contributed by atoms with E-state index in [0.717, 1.165) is 19.3 Å². The van der Waals surface area contributed by atoms with Crippen molar-refractivity contribution in [3.8, 4) is 6.07 Å². The van der Waals surface area contributed by atoms with Crippen LogP contribution in [0.5, 0.6) is 0 Å². The van der Waals surface area contributed by atoms with Crippen LogP contribution in [0.4, 0.5) is 0 Å². The summed E-state index contributed by atoms with van der Waals surface area (Å²) in [5.74, 6) is -0.156. The molecule has 140 valence electrons. The van der Waals surface area contributed by atoms with Crippen molar-refractivity contribution in [3.63, 3.8) is 0 Å². The normalized spacial score (nSPS) is 22.8. The molecule has 7 heteroatoms. The number of hydrogen-bond donors (Lipinski definition) is 0. The molecule has 0 bridgehead atoms. The first-order valence-corrected chi connectivity index (χ1v) is 10.7. The third kappa shape index (κ3) is 3.76. The molecule has 2 heterocycles. The van der Waals surface area contributed by atoms with E-state index in [1.165, 1.54) is 6.07 Å². The van der Waals surface area contributed by atoms with Gasteiger partial charge in [0, 0.05) is 37.2 Å². The molecule has 1 unspecified atom stereocenters. The van der Waals surface area contributed by atoms with E-state index in [1.54, 1.807) is 27.4 Å². The first-order chi connectivity index (χ1) is 12.4. The molecular weight excluding hydrogens is 350 g/mol. The lowest BCUT2D eigenvalue weighted by atomic mass is 9.98. The van der Waals surface area contributed by atoms with Crippen LogP contribution in [0.2, 0.25) is 0 Å². The topological polar surface area (TPSA) is 81.5 Å². The zero-order valence-electron chi connectivity index (χ0n) is 15.1. The summed E-state index contributed by atoms with van der Waals surface area (Å²) in [7, 11) is -3.59. The van der Waals surface area contributed by atoms with Crippen molar-refractivity contribution in [1.29, 1.82) is 5.26 Å². The molecule has 3 rings (SSSR count). The van der Waals surface area contributed by atoms with Gasteiger partial charge in [0.1, 0.15) is 0 Å². The Labute approximate surface area is 155 Å². The third-order valence-electron chi connectivity index (χ3n) is 5.39. The first-order valence-electron chi connectivity index (χ1n) is 9.24. The van der Waals surface area contributed by atoms with Crippen LogP contribution in [-0.2, 0) is 10.0 Å². The number of benzene rings is 1. The Balaban J connectivity index is 1.80. The van der Waals surface area contributed by atoms with Crippen molar-refractivity contribution in [2.24, 2.45) is 5.92 Å². The fourth-order valence-corrected chi connectivity index (χ4v) is 5.49. The van der Waals surface area contributed by atoms with E-state index in [-0.39, 0.29) is 22.8 Å². The van der Waals surface area contributed by atoms with Gasteiger partial charge in [0.05, 0.1) is 11.0 Å². The van der Waals surface area contributed by atoms with E-state index in [9.17, 15) is 13.2 Å². The highest BCUT2D eigenvalue weighted by molar-refractivity contribution is 7.89. The number of hydrogen-bond acceptors (Lipinski definition) is 4. The molecule has 0 aliphatic carbocycles. The summed E-state index contributed by atoms with van der Waals surface area (Å²) in [5.41, 5.74) is 0.395. The number of nitriles is 1. The zero-order valence-corrected chi connectivity index (χ0v) is 15.9. The van der Waals surface area contributed by atoms with Crippen molar-refractivity contribution in [2.75, 3.05) is 19.6 Å². The average molecular weight is 375 g/mol. The standard InChI is InChI=1S/C19H25N3O3S/c1-15-5-2-3-10-22(15)26(24,25)18-7-4-6-17(13-18)19(23)21-11-8-16(14-20)9-12-21/h4,6-7,13,15-16H,2-3,5,8-12H2,1H3. The van der Waals surface area contributed by atoms with Gasteiger partial charge in [-0.25, -0.2) is 8.42 Å². The minimum Gasteiger partial charge on any atom is -0.339 e. The molecular formula is C19H25N3O3S. The summed E-state index contributed by atoms with van der Waals surface area (Å²) >= 11 is 0. The van der Waals surface area contributed by atoms with E-state index in [4.69, 9.17) is 5.26 Å². The lowest BCUT2D eigenvalue weighted by Crippen LogP contribution is -2.42. The Hall–Kier alpha value is -1.91. The van der Waals surface area contributed by atoms with Gasteiger partial charge in [0.2, 0.25) is 10.0 Å². The molecule has 1 atom stereocenters. The molecule has 0 aromatic heterocycles. The Morgan fingerprint density at radius 3 is 2.54 bits per heavy atom. The Bertz CT molecular complexity index is 808. The number of sulfonamides is 1. The number of carbonyl (C=O) groups is 1. The van der Waals surface area contributed by atoms with Crippen LogP contribution in [0.3, 0.4) is 0 Å². The molecule has 6 nitrogen and oxygen atoms in total. The number of piperidine rings is 2. The third-order valence-corrected chi connectivity index (χ3v) is 7.40. The van der Waals surface area contributed by atoms with Crippen LogP contribution in [-0.4, -0.2) is 49.2 Å². The largest absolute Gasteiger partial charge is 0.339 e. The Kier molecular flexibility index (Phi) is 5.64. The second kappa shape index (κ2) is 7.77. The second-order valence-corrected chi connectivity index (χ2v) is 9.07. The molecule has 1 aromatic rings. The Morgan fingerprint density at radius 2 is 1.88 bits per heavy atom. The van der Waals surface area contributed by atoms with Crippen molar-refractivity contribution in [2.45, 2.75) is 50.0 Å². The molecule has 2 aliphatic rings. The summed E-state index contributed by atoms with van der Waals surface area (Å²) in [6.07, 6.45) is 4.13. The van der Waals surface area contributed by atoms with Crippen molar-refractivity contribution in [3.05, 3.63) is 29.8 Å². The number of nitrogens with zero attached hydrogens (tertiary/aromatic N) is 3. The molecule has 0 saturated carbocycles. The summed E-state index contributed by atoms with van der Waals surface area (Å²) in [5, 5.41) is 8.98. The van der Waals surface area contributed by atoms with Gasteiger partial charge in [0.25, 0.3) is 5.91 Å². The number of amides is 1. The second-order valence-electron chi connectivity index (χ2n) is 7.18. The van der Waals surface area contributed by atoms with Crippen molar-refractivity contribution < 1.29 is 13.2 Å². The minimum atomic E-state index is -3.59. The summed E-state index contributed by atoms with van der Waals surface area (Å²) in [6, 6.07) is 8.59. The van der Waals surface area contributed by atoms with Gasteiger partial charge in [-0.2, -0.15) is 9.57 Å². The fraction of sp³-hybridized carbons (Fsp3) is 0.579. The monoisotopic (exact) mass is 375 g/mol. The van der Waals surface area contributed by atoms with Crippen LogP contribution in [0.25, 0.3) is 0 Å².